The number of nitrogens with two attached hydrogens (primary N) is 1. The molecule has 2 aromatic rings. The largest absolute Gasteiger partial charge is 0.273 e. The second kappa shape index (κ2) is 6.68. The van der Waals surface area contributed by atoms with Crippen LogP contribution in [0.2, 0.25) is 0 Å². The molecule has 2 rings (SSSR count). The molecule has 1 unspecified atom stereocenters. The number of aryl methyl sites for hydroxylation is 3. The molecule has 1 aromatic carbocycles. The van der Waals surface area contributed by atoms with Crippen molar-refractivity contribution in [3.63, 3.8) is 0 Å². The molecule has 1 atom stereocenters. The highest BCUT2D eigenvalue weighted by atomic mass is 15.3. The van der Waals surface area contributed by atoms with Crippen molar-refractivity contribution in [2.75, 3.05) is 0 Å². The molecule has 3 N–H and O–H groups in total. The summed E-state index contributed by atoms with van der Waals surface area (Å²) in [6.45, 7) is 7.26. The van der Waals surface area contributed by atoms with E-state index in [-0.39, 0.29) is 6.04 Å². The van der Waals surface area contributed by atoms with Crippen LogP contribution < -0.4 is 11.3 Å². The second-order valence-electron chi connectivity index (χ2n) is 5.41. The monoisotopic (exact) mass is 272 g/mol. The summed E-state index contributed by atoms with van der Waals surface area (Å²) in [5, 5.41) is 4.31. The number of rotatable bonds is 6. The van der Waals surface area contributed by atoms with Crippen molar-refractivity contribution >= 4 is 0 Å². The van der Waals surface area contributed by atoms with Gasteiger partial charge in [0, 0.05) is 18.8 Å². The van der Waals surface area contributed by atoms with E-state index in [2.05, 4.69) is 55.7 Å². The minimum atomic E-state index is 0.227. The van der Waals surface area contributed by atoms with Crippen LogP contribution in [0, 0.1) is 13.8 Å². The fourth-order valence-electron chi connectivity index (χ4n) is 2.44. The molecule has 0 radical (unpaired) electrons. The first-order chi connectivity index (χ1) is 9.62. The third-order valence-electron chi connectivity index (χ3n) is 3.70. The quantitative estimate of drug-likeness (QED) is 0.626. The van der Waals surface area contributed by atoms with Gasteiger partial charge in [0.25, 0.3) is 0 Å². The number of hydrogen-bond donors (Lipinski definition) is 2. The molecule has 0 amide bonds. The molecule has 4 heteroatoms. The smallest absolute Gasteiger partial charge is 0.0522 e. The molecule has 0 spiro atoms. The van der Waals surface area contributed by atoms with Crippen molar-refractivity contribution in [1.82, 2.24) is 15.2 Å². The lowest BCUT2D eigenvalue weighted by atomic mass is 9.96. The van der Waals surface area contributed by atoms with Gasteiger partial charge in [-0.2, -0.15) is 5.10 Å². The highest BCUT2D eigenvalue weighted by molar-refractivity contribution is 5.31. The molecule has 20 heavy (non-hydrogen) atoms. The van der Waals surface area contributed by atoms with Crippen LogP contribution in [0.5, 0.6) is 0 Å². The van der Waals surface area contributed by atoms with Crippen molar-refractivity contribution in [2.45, 2.75) is 46.2 Å². The van der Waals surface area contributed by atoms with E-state index in [9.17, 15) is 0 Å². The van der Waals surface area contributed by atoms with Crippen LogP contribution in [0.1, 0.15) is 29.2 Å². The zero-order valence-electron chi connectivity index (χ0n) is 12.6. The third kappa shape index (κ3) is 3.68. The van der Waals surface area contributed by atoms with Crippen LogP contribution in [-0.4, -0.2) is 15.8 Å². The van der Waals surface area contributed by atoms with Crippen LogP contribution >= 0.6 is 0 Å². The molecule has 0 aliphatic rings. The number of benzene rings is 1. The first-order valence-corrected chi connectivity index (χ1v) is 7.16. The SMILES string of the molecule is CCn1cc(CC(Cc2cc(C)ccc2C)NN)cn1. The molecule has 0 saturated heterocycles. The van der Waals surface area contributed by atoms with Gasteiger partial charge in [-0.15, -0.1) is 0 Å². The summed E-state index contributed by atoms with van der Waals surface area (Å²) in [6, 6.07) is 6.79. The van der Waals surface area contributed by atoms with Gasteiger partial charge in [-0.1, -0.05) is 23.8 Å². The summed E-state index contributed by atoms with van der Waals surface area (Å²) in [6.07, 6.45) is 5.84. The molecule has 0 bridgehead atoms. The van der Waals surface area contributed by atoms with Crippen molar-refractivity contribution in [3.05, 3.63) is 52.8 Å². The maximum atomic E-state index is 5.72. The Morgan fingerprint density at radius 1 is 1.30 bits per heavy atom. The minimum Gasteiger partial charge on any atom is -0.273 e. The molecule has 4 nitrogen and oxygen atoms in total. The van der Waals surface area contributed by atoms with Crippen LogP contribution in [0.3, 0.4) is 0 Å². The Balaban J connectivity index is 2.06. The zero-order chi connectivity index (χ0) is 14.5. The van der Waals surface area contributed by atoms with Crippen molar-refractivity contribution < 1.29 is 0 Å². The van der Waals surface area contributed by atoms with Gasteiger partial charge in [-0.3, -0.25) is 16.0 Å². The lowest BCUT2D eigenvalue weighted by Gasteiger charge is -2.17. The van der Waals surface area contributed by atoms with E-state index in [0.29, 0.717) is 0 Å². The number of nitrogens with zero attached hydrogens (tertiary/aromatic N) is 2. The molecule has 0 saturated carbocycles. The van der Waals surface area contributed by atoms with E-state index in [0.717, 1.165) is 19.4 Å². The number of nitrogens with one attached hydrogen (secondary N) is 1. The molecule has 0 aliphatic carbocycles. The topological polar surface area (TPSA) is 55.9 Å². The Bertz CT molecular complexity index is 559. The van der Waals surface area contributed by atoms with Gasteiger partial charge >= 0.3 is 0 Å². The van der Waals surface area contributed by atoms with Gasteiger partial charge < -0.3 is 0 Å². The Morgan fingerprint density at radius 3 is 2.75 bits per heavy atom. The second-order valence-corrected chi connectivity index (χ2v) is 5.41. The predicted octanol–water partition coefficient (Wildman–Crippen LogP) is 2.14. The summed E-state index contributed by atoms with van der Waals surface area (Å²) >= 11 is 0. The summed E-state index contributed by atoms with van der Waals surface area (Å²) in [7, 11) is 0. The summed E-state index contributed by atoms with van der Waals surface area (Å²) in [4.78, 5) is 0. The zero-order valence-corrected chi connectivity index (χ0v) is 12.6. The van der Waals surface area contributed by atoms with Gasteiger partial charge in [0.2, 0.25) is 0 Å². The number of aromatic nitrogens is 2. The molecule has 108 valence electrons. The van der Waals surface area contributed by atoms with E-state index >= 15 is 0 Å². The lowest BCUT2D eigenvalue weighted by Crippen LogP contribution is -2.38. The van der Waals surface area contributed by atoms with Crippen molar-refractivity contribution in [2.24, 2.45) is 5.84 Å². The van der Waals surface area contributed by atoms with Crippen LogP contribution in [0.4, 0.5) is 0 Å². The van der Waals surface area contributed by atoms with E-state index in [1.165, 1.54) is 22.3 Å². The third-order valence-corrected chi connectivity index (χ3v) is 3.70. The van der Waals surface area contributed by atoms with Crippen molar-refractivity contribution in [1.29, 1.82) is 0 Å². The standard InChI is InChI=1S/C16H24N4/c1-4-20-11-14(10-18-20)8-16(19-17)9-15-7-12(2)5-6-13(15)3/h5-7,10-11,16,19H,4,8-9,17H2,1-3H3. The Morgan fingerprint density at radius 2 is 2.10 bits per heavy atom. The van der Waals surface area contributed by atoms with Crippen LogP contribution in [0.25, 0.3) is 0 Å². The predicted molar refractivity (Wildman–Crippen MR) is 82.3 cm³/mol. The van der Waals surface area contributed by atoms with E-state index in [4.69, 9.17) is 5.84 Å². The van der Waals surface area contributed by atoms with E-state index < -0.39 is 0 Å². The van der Waals surface area contributed by atoms with Gasteiger partial charge in [0.05, 0.1) is 6.20 Å². The maximum Gasteiger partial charge on any atom is 0.0522 e. The fourth-order valence-corrected chi connectivity index (χ4v) is 2.44. The minimum absolute atomic E-state index is 0.227. The fraction of sp³-hybridized carbons (Fsp3) is 0.438. The Labute approximate surface area is 121 Å². The van der Waals surface area contributed by atoms with Crippen LogP contribution in [0.15, 0.2) is 30.6 Å². The summed E-state index contributed by atoms with van der Waals surface area (Å²) < 4.78 is 1.95. The maximum absolute atomic E-state index is 5.72. The Kier molecular flexibility index (Phi) is 4.93. The highest BCUT2D eigenvalue weighted by Crippen LogP contribution is 2.14. The number of hydrazine groups is 1. The molecule has 0 aliphatic heterocycles. The first-order valence-electron chi connectivity index (χ1n) is 7.16. The average Bonchev–Trinajstić information content (AvgIpc) is 2.89. The van der Waals surface area contributed by atoms with Crippen LogP contribution in [-0.2, 0) is 19.4 Å². The molecular weight excluding hydrogens is 248 g/mol. The molecular formula is C16H24N4. The molecule has 1 heterocycles. The normalized spacial score (nSPS) is 12.6. The van der Waals surface area contributed by atoms with Gasteiger partial charge in [-0.25, -0.2) is 0 Å². The lowest BCUT2D eigenvalue weighted by molar-refractivity contribution is 0.521. The first kappa shape index (κ1) is 14.8. The molecule has 1 aromatic heterocycles. The van der Waals surface area contributed by atoms with Gasteiger partial charge in [-0.05, 0) is 50.3 Å². The van der Waals surface area contributed by atoms with E-state index in [1.807, 2.05) is 10.9 Å². The Hall–Kier alpha value is -1.65. The summed E-state index contributed by atoms with van der Waals surface area (Å²) in [5.74, 6) is 5.72. The number of hydrogen-bond acceptors (Lipinski definition) is 3. The van der Waals surface area contributed by atoms with Gasteiger partial charge in [0.15, 0.2) is 0 Å². The van der Waals surface area contributed by atoms with Gasteiger partial charge in [0.1, 0.15) is 0 Å². The van der Waals surface area contributed by atoms with E-state index in [1.54, 1.807) is 0 Å². The average molecular weight is 272 g/mol. The highest BCUT2D eigenvalue weighted by Gasteiger charge is 2.12. The summed E-state index contributed by atoms with van der Waals surface area (Å²) in [5.41, 5.74) is 8.13. The van der Waals surface area contributed by atoms with Crippen molar-refractivity contribution in [3.8, 4) is 0 Å². The molecule has 0 fully saturated rings.